The Kier molecular flexibility index (Phi) is 4.57. The number of hydrazone groups is 1. The molecule has 116 valence electrons. The molecule has 0 amide bonds. The van der Waals surface area contributed by atoms with Crippen molar-refractivity contribution in [3.8, 4) is 5.75 Å². The largest absolute Gasteiger partial charge is 0.506 e. The first-order chi connectivity index (χ1) is 10.5. The number of hydrogen-bond acceptors (Lipinski definition) is 3. The number of hydrogen-bond donors (Lipinski definition) is 3. The average molecular weight is 356 g/mol. The summed E-state index contributed by atoms with van der Waals surface area (Å²) in [6.07, 6.45) is 8.28. The maximum absolute atomic E-state index is 9.82. The van der Waals surface area contributed by atoms with E-state index in [1.54, 1.807) is 6.07 Å². The Labute approximate surface area is 144 Å². The number of phenolic OH excluding ortho intramolecular Hbond substituents is 1. The highest BCUT2D eigenvalue weighted by atomic mass is 35.5. The highest BCUT2D eigenvalue weighted by Gasteiger charge is 2.35. The van der Waals surface area contributed by atoms with Crippen molar-refractivity contribution < 1.29 is 5.11 Å². The summed E-state index contributed by atoms with van der Waals surface area (Å²) in [5.41, 5.74) is 3.18. The van der Waals surface area contributed by atoms with Crippen molar-refractivity contribution >= 4 is 46.7 Å². The smallest absolute Gasteiger partial charge is 0.187 e. The third-order valence-electron chi connectivity index (χ3n) is 4.02. The lowest BCUT2D eigenvalue weighted by Crippen LogP contribution is -2.42. The fourth-order valence-electron chi connectivity index (χ4n) is 2.99. The molecule has 7 heteroatoms. The van der Waals surface area contributed by atoms with E-state index >= 15 is 0 Å². The Morgan fingerprint density at radius 1 is 1.32 bits per heavy atom. The standard InChI is InChI=1S/C15H15Cl2N3OS/c16-11-5-10(14(21)12(17)6-11)7-18-20-15(22)19-13-4-8-1-2-9(13)3-8/h1-2,5-9,13,21H,3-4H2,(H2,19,20,22)/b18-7+/t8-,9+,13-/m1/s1. The van der Waals surface area contributed by atoms with E-state index in [4.69, 9.17) is 35.4 Å². The predicted octanol–water partition coefficient (Wildman–Crippen LogP) is 3.46. The summed E-state index contributed by atoms with van der Waals surface area (Å²) in [7, 11) is 0. The van der Waals surface area contributed by atoms with E-state index in [2.05, 4.69) is 28.0 Å². The number of fused-ring (bicyclic) bond motifs is 2. The lowest BCUT2D eigenvalue weighted by atomic mass is 10.0. The van der Waals surface area contributed by atoms with Crippen molar-refractivity contribution in [3.63, 3.8) is 0 Å². The van der Waals surface area contributed by atoms with Crippen LogP contribution in [0.1, 0.15) is 18.4 Å². The molecule has 0 saturated heterocycles. The van der Waals surface area contributed by atoms with Gasteiger partial charge in [-0.1, -0.05) is 35.4 Å². The minimum atomic E-state index is -0.0614. The first kappa shape index (κ1) is 15.6. The number of thiocarbonyl (C=S) groups is 1. The van der Waals surface area contributed by atoms with E-state index in [1.807, 2.05) is 0 Å². The van der Waals surface area contributed by atoms with Gasteiger partial charge in [-0.25, -0.2) is 0 Å². The number of nitrogens with zero attached hydrogens (tertiary/aromatic N) is 1. The topological polar surface area (TPSA) is 56.7 Å². The van der Waals surface area contributed by atoms with Gasteiger partial charge in [0.2, 0.25) is 0 Å². The van der Waals surface area contributed by atoms with Crippen molar-refractivity contribution in [2.75, 3.05) is 0 Å². The molecule has 3 N–H and O–H groups in total. The summed E-state index contributed by atoms with van der Waals surface area (Å²) < 4.78 is 0. The molecule has 0 spiro atoms. The molecule has 0 aromatic heterocycles. The van der Waals surface area contributed by atoms with E-state index < -0.39 is 0 Å². The minimum absolute atomic E-state index is 0.0614. The van der Waals surface area contributed by atoms with Crippen molar-refractivity contribution in [3.05, 3.63) is 39.9 Å². The van der Waals surface area contributed by atoms with Crippen LogP contribution in [0.25, 0.3) is 0 Å². The maximum atomic E-state index is 9.82. The second-order valence-electron chi connectivity index (χ2n) is 5.56. The molecule has 2 bridgehead atoms. The lowest BCUT2D eigenvalue weighted by molar-refractivity contribution is 0.474. The number of benzene rings is 1. The van der Waals surface area contributed by atoms with Crippen LogP contribution < -0.4 is 10.7 Å². The quantitative estimate of drug-likeness (QED) is 0.336. The van der Waals surface area contributed by atoms with Crippen LogP contribution in [0.2, 0.25) is 10.0 Å². The van der Waals surface area contributed by atoms with Crippen LogP contribution in [0.3, 0.4) is 0 Å². The normalized spacial score (nSPS) is 25.8. The number of rotatable bonds is 3. The summed E-state index contributed by atoms with van der Waals surface area (Å²) >= 11 is 17.0. The first-order valence-corrected chi connectivity index (χ1v) is 8.15. The molecule has 1 aromatic rings. The number of nitrogens with one attached hydrogen (secondary N) is 2. The van der Waals surface area contributed by atoms with Gasteiger partial charge in [0, 0.05) is 16.6 Å². The van der Waals surface area contributed by atoms with Gasteiger partial charge in [-0.05, 0) is 49.0 Å². The van der Waals surface area contributed by atoms with Crippen molar-refractivity contribution in [1.29, 1.82) is 0 Å². The Morgan fingerprint density at radius 2 is 2.14 bits per heavy atom. The van der Waals surface area contributed by atoms with E-state index in [9.17, 15) is 5.11 Å². The van der Waals surface area contributed by atoms with Gasteiger partial charge < -0.3 is 10.4 Å². The Hall–Kier alpha value is -1.30. The summed E-state index contributed by atoms with van der Waals surface area (Å²) in [6, 6.07) is 3.42. The molecular formula is C15H15Cl2N3OS. The molecule has 0 radical (unpaired) electrons. The molecule has 0 heterocycles. The number of phenols is 1. The number of halogens is 2. The molecule has 3 atom stereocenters. The molecule has 2 aliphatic rings. The van der Waals surface area contributed by atoms with Gasteiger partial charge in [0.25, 0.3) is 0 Å². The maximum Gasteiger partial charge on any atom is 0.187 e. The molecule has 1 fully saturated rings. The zero-order chi connectivity index (χ0) is 15.7. The Balaban J connectivity index is 1.56. The molecular weight excluding hydrogens is 341 g/mol. The van der Waals surface area contributed by atoms with Gasteiger partial charge in [-0.2, -0.15) is 5.10 Å². The zero-order valence-electron chi connectivity index (χ0n) is 11.6. The minimum Gasteiger partial charge on any atom is -0.506 e. The molecule has 0 unspecified atom stereocenters. The van der Waals surface area contributed by atoms with Crippen LogP contribution in [-0.4, -0.2) is 22.5 Å². The van der Waals surface area contributed by atoms with Crippen LogP contribution in [0.15, 0.2) is 29.4 Å². The molecule has 2 aliphatic carbocycles. The third kappa shape index (κ3) is 3.37. The van der Waals surface area contributed by atoms with Gasteiger partial charge in [-0.3, -0.25) is 5.43 Å². The molecule has 4 nitrogen and oxygen atoms in total. The second-order valence-corrected chi connectivity index (χ2v) is 6.81. The molecule has 1 saturated carbocycles. The van der Waals surface area contributed by atoms with Crippen LogP contribution in [0.4, 0.5) is 0 Å². The van der Waals surface area contributed by atoms with Crippen LogP contribution in [0, 0.1) is 11.8 Å². The summed E-state index contributed by atoms with van der Waals surface area (Å²) in [5, 5.41) is 18.2. The average Bonchev–Trinajstić information content (AvgIpc) is 3.06. The van der Waals surface area contributed by atoms with Crippen LogP contribution >= 0.6 is 35.4 Å². The van der Waals surface area contributed by atoms with Crippen molar-refractivity contribution in [2.45, 2.75) is 18.9 Å². The molecule has 22 heavy (non-hydrogen) atoms. The fraction of sp³-hybridized carbons (Fsp3) is 0.333. The molecule has 3 rings (SSSR count). The molecule has 1 aromatic carbocycles. The first-order valence-electron chi connectivity index (χ1n) is 6.99. The summed E-state index contributed by atoms with van der Waals surface area (Å²) in [5.74, 6) is 1.18. The lowest BCUT2D eigenvalue weighted by Gasteiger charge is -2.20. The molecule has 0 aliphatic heterocycles. The summed E-state index contributed by atoms with van der Waals surface area (Å²) in [4.78, 5) is 0. The highest BCUT2D eigenvalue weighted by molar-refractivity contribution is 7.80. The Morgan fingerprint density at radius 3 is 2.82 bits per heavy atom. The SMILES string of the molecule is Oc1c(Cl)cc(Cl)cc1/C=N/NC(=S)N[C@@H]1C[C@@H]2C=C[C@H]1C2. The predicted molar refractivity (Wildman–Crippen MR) is 93.7 cm³/mol. The summed E-state index contributed by atoms with van der Waals surface area (Å²) in [6.45, 7) is 0. The zero-order valence-corrected chi connectivity index (χ0v) is 13.9. The fourth-order valence-corrected chi connectivity index (χ4v) is 3.71. The second kappa shape index (κ2) is 6.44. The van der Waals surface area contributed by atoms with Gasteiger partial charge in [0.1, 0.15) is 5.75 Å². The van der Waals surface area contributed by atoms with E-state index in [0.717, 1.165) is 6.42 Å². The van der Waals surface area contributed by atoms with Crippen molar-refractivity contribution in [1.82, 2.24) is 10.7 Å². The number of allylic oxidation sites excluding steroid dienone is 1. The van der Waals surface area contributed by atoms with Gasteiger partial charge in [0.05, 0.1) is 11.2 Å². The van der Waals surface area contributed by atoms with Crippen molar-refractivity contribution in [2.24, 2.45) is 16.9 Å². The Bertz CT molecular complexity index is 662. The third-order valence-corrected chi connectivity index (χ3v) is 4.74. The highest BCUT2D eigenvalue weighted by Crippen LogP contribution is 2.38. The van der Waals surface area contributed by atoms with E-state index in [0.29, 0.717) is 33.6 Å². The van der Waals surface area contributed by atoms with Gasteiger partial charge in [0.15, 0.2) is 5.11 Å². The monoisotopic (exact) mass is 355 g/mol. The van der Waals surface area contributed by atoms with Crippen LogP contribution in [-0.2, 0) is 0 Å². The number of aromatic hydroxyl groups is 1. The van der Waals surface area contributed by atoms with E-state index in [-0.39, 0.29) is 10.8 Å². The van der Waals surface area contributed by atoms with Crippen LogP contribution in [0.5, 0.6) is 5.75 Å². The van der Waals surface area contributed by atoms with E-state index in [1.165, 1.54) is 18.7 Å². The van der Waals surface area contributed by atoms with Gasteiger partial charge in [-0.15, -0.1) is 0 Å². The van der Waals surface area contributed by atoms with Gasteiger partial charge >= 0.3 is 0 Å².